The van der Waals surface area contributed by atoms with E-state index in [-0.39, 0.29) is 169 Å². The summed E-state index contributed by atoms with van der Waals surface area (Å²) in [5.74, 6) is 0. The van der Waals surface area contributed by atoms with Gasteiger partial charge in [-0.25, -0.2) is 101 Å². The molecule has 0 aliphatic heterocycles. The number of hydrogen-bond donors (Lipinski definition) is 0. The van der Waals surface area contributed by atoms with Crippen LogP contribution in [0.2, 0.25) is 0 Å². The van der Waals surface area contributed by atoms with Gasteiger partial charge in [0, 0.05) is 75.1 Å². The standard InChI is InChI=1S/12CH4O3S.12H2O.4Sc/c12*1-5(2,3)4;;;;;;;;;;;;;;;;/h12*1H3,(H,2,3,4);12*1H2;;;;/q;;;;;;;;;;;;;;;;;;;;;;;;4*+3. The van der Waals surface area contributed by atoms with Gasteiger partial charge in [0.1, 0.15) is 0 Å². The molecule has 0 unspecified atom stereocenters. The van der Waals surface area contributed by atoms with Crippen molar-refractivity contribution in [2.24, 2.45) is 0 Å². The van der Waals surface area contributed by atoms with Crippen molar-refractivity contribution in [2.45, 2.75) is 0 Å². The van der Waals surface area contributed by atoms with E-state index in [0.29, 0.717) is 75.1 Å². The Morgan fingerprint density at radius 3 is 0.132 bits per heavy atom. The summed E-state index contributed by atoms with van der Waals surface area (Å²) in [7, 11) is -47.0. The van der Waals surface area contributed by atoms with Crippen molar-refractivity contribution in [3.8, 4) is 0 Å². The van der Waals surface area contributed by atoms with E-state index in [1.165, 1.54) is 0 Å². The first-order chi connectivity index (χ1) is 24.0. The van der Waals surface area contributed by atoms with Crippen molar-refractivity contribution in [2.75, 3.05) is 75.1 Å². The van der Waals surface area contributed by atoms with Crippen molar-refractivity contribution in [3.63, 3.8) is 0 Å². The Labute approximate surface area is 515 Å². The van der Waals surface area contributed by atoms with Crippen LogP contribution in [0.4, 0.5) is 0 Å². The summed E-state index contributed by atoms with van der Waals surface area (Å²) >= 11 is 0. The third-order valence-corrected chi connectivity index (χ3v) is 0. The molecule has 0 aromatic rings. The minimum Gasteiger partial charge on any atom is -0.748 e. The van der Waals surface area contributed by atoms with E-state index in [4.69, 9.17) is 156 Å². The van der Waals surface area contributed by atoms with Crippen LogP contribution in [0, 0.1) is 0 Å². The minimum absolute atomic E-state index is 0. The van der Waals surface area contributed by atoms with E-state index in [0.717, 1.165) is 0 Å². The van der Waals surface area contributed by atoms with Gasteiger partial charge in [0.2, 0.25) is 0 Å². The number of hydrogen-bond acceptors (Lipinski definition) is 36. The molecule has 48 nitrogen and oxygen atoms in total. The number of rotatable bonds is 0. The smallest absolute Gasteiger partial charge is 0.748 e. The second kappa shape index (κ2) is 81.1. The van der Waals surface area contributed by atoms with Gasteiger partial charge >= 0.3 is 103 Å². The van der Waals surface area contributed by atoms with E-state index >= 15 is 0 Å². The summed E-state index contributed by atoms with van der Waals surface area (Å²) in [5, 5.41) is 0. The summed E-state index contributed by atoms with van der Waals surface area (Å²) < 4.78 is 327. The molecule has 480 valence electrons. The second-order valence-electron chi connectivity index (χ2n) is 8.45. The van der Waals surface area contributed by atoms with Crippen molar-refractivity contribution in [3.05, 3.63) is 0 Å². The maximum absolute atomic E-state index is 9.08. The molecule has 0 saturated heterocycles. The van der Waals surface area contributed by atoms with Crippen LogP contribution in [0.25, 0.3) is 0 Å². The molecule has 0 atom stereocenters. The van der Waals surface area contributed by atoms with Crippen molar-refractivity contribution in [1.82, 2.24) is 0 Å². The van der Waals surface area contributed by atoms with Gasteiger partial charge in [0.25, 0.3) is 0 Å². The monoisotopic (exact) mass is 1550 g/mol. The van der Waals surface area contributed by atoms with Crippen LogP contribution in [0.3, 0.4) is 0 Å². The van der Waals surface area contributed by atoms with Crippen molar-refractivity contribution < 1.29 is 325 Å². The summed E-state index contributed by atoms with van der Waals surface area (Å²) in [6.07, 6.45) is 7.25. The fourth-order valence-corrected chi connectivity index (χ4v) is 0. The summed E-state index contributed by atoms with van der Waals surface area (Å²) in [4.78, 5) is 0. The van der Waals surface area contributed by atoms with Crippen LogP contribution >= 0.6 is 0 Å². The van der Waals surface area contributed by atoms with Crippen LogP contribution in [-0.2, 0) is 291 Å². The Balaban J connectivity index is -0.0000000125. The van der Waals surface area contributed by atoms with Crippen LogP contribution in [0.5, 0.6) is 0 Å². The van der Waals surface area contributed by atoms with E-state index in [1.54, 1.807) is 0 Å². The third-order valence-electron chi connectivity index (χ3n) is 0. The summed E-state index contributed by atoms with van der Waals surface area (Å²) in [6, 6.07) is 0. The first-order valence-electron chi connectivity index (χ1n) is 10.9. The fourth-order valence-electron chi connectivity index (χ4n) is 0. The molecule has 0 saturated carbocycles. The molecule has 0 aliphatic rings. The average Bonchev–Trinajstić information content (AvgIpc) is 2.48. The molecule has 0 rings (SSSR count). The Bertz CT molecular complexity index is 1760. The van der Waals surface area contributed by atoms with Gasteiger partial charge in [0.05, 0.1) is 121 Å². The first-order valence-corrected chi connectivity index (χ1v) is 32.7. The Morgan fingerprint density at radius 1 is 0.132 bits per heavy atom. The summed E-state index contributed by atoms with van der Waals surface area (Å²) in [5.41, 5.74) is 0. The molecule has 0 radical (unpaired) electrons. The van der Waals surface area contributed by atoms with Gasteiger partial charge in [-0.3, -0.25) is 0 Å². The maximum atomic E-state index is 9.08. The Kier molecular flexibility index (Phi) is 198. The van der Waals surface area contributed by atoms with Crippen molar-refractivity contribution in [1.29, 1.82) is 0 Å². The van der Waals surface area contributed by atoms with Crippen LogP contribution in [-0.4, -0.2) is 231 Å². The predicted octanol–water partition coefficient (Wildman–Crippen LogP) is -21.1. The summed E-state index contributed by atoms with van der Waals surface area (Å²) in [6.45, 7) is 0. The van der Waals surface area contributed by atoms with E-state index < -0.39 is 121 Å². The average molecular weight is 1550 g/mol. The molecule has 0 spiro atoms. The zero-order valence-corrected chi connectivity index (χ0v) is 57.8. The normalized spacial score (nSPS) is 9.16. The second-order valence-corrected chi connectivity index (χ2v) is 25.3. The van der Waals surface area contributed by atoms with E-state index in [9.17, 15) is 0 Å². The molecule has 64 heteroatoms. The van der Waals surface area contributed by atoms with Gasteiger partial charge in [-0.1, -0.05) is 0 Å². The van der Waals surface area contributed by atoms with Gasteiger partial charge in [-0.15, -0.1) is 0 Å². The van der Waals surface area contributed by atoms with E-state index in [1.807, 2.05) is 0 Å². The molecule has 0 fully saturated rings. The Morgan fingerprint density at radius 2 is 0.132 bits per heavy atom. The van der Waals surface area contributed by atoms with Gasteiger partial charge in [-0.05, 0) is 0 Å². The molecular formula is C12H72O48S12Sc4+12. The van der Waals surface area contributed by atoms with Crippen LogP contribution in [0.1, 0.15) is 0 Å². The zero-order chi connectivity index (χ0) is 54.0. The van der Waals surface area contributed by atoms with Gasteiger partial charge in [-0.2, -0.15) is 0 Å². The topological polar surface area (TPSA) is 1080 Å². The van der Waals surface area contributed by atoms with Crippen LogP contribution in [0.15, 0.2) is 0 Å². The molecule has 0 aromatic carbocycles. The quantitative estimate of drug-likeness (QED) is 0.160. The molecule has 0 aliphatic carbocycles. The SMILES string of the molecule is CS(=O)(=O)[O-].CS(=O)(=O)[O-].CS(=O)(=O)[O-].CS(=O)(=O)[O-].CS(=O)(=O)[O-].CS(=O)(=O)[O-].CS(=O)(=O)[O-].CS(=O)(=O)[O-].CS(=O)(=O)[O-].CS(=O)(=O)[O-].CS(=O)(=O)[O-].CS(=O)(=O)[O-].[OH3+].[OH3+].[OH3+].[OH3+].[OH3+].[OH3+].[OH3+].[OH3+].[OH3+].[OH3+].[OH3+].[OH3+].[Sc+3].[Sc+3].[Sc+3].[Sc+3]. The first kappa shape index (κ1) is 185. The molecular weight excluding hydrogens is 1480 g/mol. The van der Waals surface area contributed by atoms with E-state index in [2.05, 4.69) is 0 Å². The molecule has 76 heavy (non-hydrogen) atoms. The van der Waals surface area contributed by atoms with Crippen LogP contribution < -0.4 is 0 Å². The minimum atomic E-state index is -3.92. The molecule has 0 amide bonds. The maximum Gasteiger partial charge on any atom is 3.00 e. The molecule has 0 aromatic heterocycles. The Hall–Kier alpha value is 1.92. The molecule has 0 heterocycles. The third kappa shape index (κ3) is 116000. The van der Waals surface area contributed by atoms with Crippen molar-refractivity contribution >= 4 is 121 Å². The fraction of sp³-hybridized carbons (Fsp3) is 1.00. The largest absolute Gasteiger partial charge is 3.00 e. The zero-order valence-electron chi connectivity index (χ0n) is 40.8. The molecule has 0 bridgehead atoms. The van der Waals surface area contributed by atoms with Gasteiger partial charge < -0.3 is 120 Å². The molecule has 36 N–H and O–H groups in total. The predicted molar refractivity (Wildman–Crippen MR) is 246 cm³/mol. The van der Waals surface area contributed by atoms with Gasteiger partial charge in [0.15, 0.2) is 0 Å².